The van der Waals surface area contributed by atoms with Crippen molar-refractivity contribution < 1.29 is 22.7 Å². The third-order valence-corrected chi connectivity index (χ3v) is 2.26. The number of para-hydroxylation sites is 2. The van der Waals surface area contributed by atoms with Crippen molar-refractivity contribution in [3.8, 4) is 5.69 Å². The van der Waals surface area contributed by atoms with E-state index in [0.29, 0.717) is 11.4 Å². The molecule has 20 heavy (non-hydrogen) atoms. The zero-order chi connectivity index (χ0) is 14.6. The third kappa shape index (κ3) is 3.74. The number of ether oxygens (including phenoxy) is 1. The highest BCUT2D eigenvalue weighted by atomic mass is 19.4. The second-order valence-corrected chi connectivity index (χ2v) is 3.78. The first-order chi connectivity index (χ1) is 9.46. The summed E-state index contributed by atoms with van der Waals surface area (Å²) < 4.78 is 41.4. The summed E-state index contributed by atoms with van der Waals surface area (Å²) in [4.78, 5) is 11.3. The predicted octanol–water partition coefficient (Wildman–Crippen LogP) is 2.98. The van der Waals surface area contributed by atoms with Gasteiger partial charge >= 0.3 is 12.3 Å². The van der Waals surface area contributed by atoms with Crippen molar-refractivity contribution in [2.45, 2.75) is 6.18 Å². The number of halogens is 3. The molecule has 0 atom stereocenters. The lowest BCUT2D eigenvalue weighted by atomic mass is 10.2. The number of aromatic nitrogens is 2. The molecule has 0 aliphatic heterocycles. The van der Waals surface area contributed by atoms with E-state index in [2.05, 4.69) is 15.2 Å². The molecule has 1 aromatic heterocycles. The summed E-state index contributed by atoms with van der Waals surface area (Å²) in [5.41, 5.74) is 0.810. The first kappa shape index (κ1) is 13.9. The van der Waals surface area contributed by atoms with Gasteiger partial charge in [-0.15, -0.1) is 0 Å². The van der Waals surface area contributed by atoms with Crippen LogP contribution in [0.2, 0.25) is 0 Å². The minimum absolute atomic E-state index is 0.295. The van der Waals surface area contributed by atoms with Crippen LogP contribution in [-0.2, 0) is 4.74 Å². The first-order valence-electron chi connectivity index (χ1n) is 5.55. The number of carbonyl (C=O) groups is 1. The third-order valence-electron chi connectivity index (χ3n) is 2.26. The highest BCUT2D eigenvalue weighted by Crippen LogP contribution is 2.20. The zero-order valence-corrected chi connectivity index (χ0v) is 10.1. The van der Waals surface area contributed by atoms with Crippen molar-refractivity contribution in [2.75, 3.05) is 11.9 Å². The fraction of sp³-hybridized carbons (Fsp3) is 0.167. The molecule has 0 spiro atoms. The first-order valence-corrected chi connectivity index (χ1v) is 5.55. The van der Waals surface area contributed by atoms with E-state index >= 15 is 0 Å². The van der Waals surface area contributed by atoms with E-state index in [4.69, 9.17) is 0 Å². The van der Waals surface area contributed by atoms with Crippen LogP contribution in [0.15, 0.2) is 42.7 Å². The smallest absolute Gasteiger partial charge is 0.422 e. The number of anilines is 1. The summed E-state index contributed by atoms with van der Waals surface area (Å²) >= 11 is 0. The van der Waals surface area contributed by atoms with Crippen LogP contribution in [0.1, 0.15) is 0 Å². The monoisotopic (exact) mass is 285 g/mol. The van der Waals surface area contributed by atoms with E-state index in [0.717, 1.165) is 0 Å². The second-order valence-electron chi connectivity index (χ2n) is 3.78. The lowest BCUT2D eigenvalue weighted by Gasteiger charge is -2.12. The number of nitrogens with zero attached hydrogens (tertiary/aromatic N) is 2. The van der Waals surface area contributed by atoms with Crippen LogP contribution in [0, 0.1) is 0 Å². The molecule has 0 saturated heterocycles. The maximum Gasteiger partial charge on any atom is 0.422 e. The van der Waals surface area contributed by atoms with Gasteiger partial charge in [0.25, 0.3) is 0 Å². The van der Waals surface area contributed by atoms with Gasteiger partial charge in [0.15, 0.2) is 6.61 Å². The van der Waals surface area contributed by atoms with E-state index in [-0.39, 0.29) is 0 Å². The van der Waals surface area contributed by atoms with Gasteiger partial charge in [-0.2, -0.15) is 18.3 Å². The molecule has 1 aromatic carbocycles. The zero-order valence-electron chi connectivity index (χ0n) is 10.1. The summed E-state index contributed by atoms with van der Waals surface area (Å²) in [7, 11) is 0. The number of rotatable bonds is 3. The van der Waals surface area contributed by atoms with E-state index in [9.17, 15) is 18.0 Å². The van der Waals surface area contributed by atoms with E-state index in [1.807, 2.05) is 0 Å². The van der Waals surface area contributed by atoms with Crippen molar-refractivity contribution in [1.29, 1.82) is 0 Å². The second kappa shape index (κ2) is 5.64. The molecular formula is C12H10F3N3O2. The Hall–Kier alpha value is -2.51. The fourth-order valence-corrected chi connectivity index (χ4v) is 1.48. The molecule has 0 aliphatic carbocycles. The highest BCUT2D eigenvalue weighted by molar-refractivity contribution is 5.87. The number of alkyl halides is 3. The predicted molar refractivity (Wildman–Crippen MR) is 64.6 cm³/mol. The van der Waals surface area contributed by atoms with Crippen LogP contribution in [0.5, 0.6) is 0 Å². The molecule has 0 bridgehead atoms. The molecule has 106 valence electrons. The number of hydrogen-bond donors (Lipinski definition) is 1. The standard InChI is InChI=1S/C12H10F3N3O2/c13-12(14,15)8-20-11(19)17-9-4-1-2-5-10(9)18-7-3-6-16-18/h1-7H,8H2,(H,17,19). The van der Waals surface area contributed by atoms with E-state index in [1.54, 1.807) is 36.7 Å². The van der Waals surface area contributed by atoms with Crippen molar-refractivity contribution in [3.63, 3.8) is 0 Å². The van der Waals surface area contributed by atoms with Gasteiger partial charge in [0.1, 0.15) is 0 Å². The van der Waals surface area contributed by atoms with Gasteiger partial charge in [0.2, 0.25) is 0 Å². The topological polar surface area (TPSA) is 56.2 Å². The molecule has 5 nitrogen and oxygen atoms in total. The Morgan fingerprint density at radius 3 is 2.70 bits per heavy atom. The van der Waals surface area contributed by atoms with Crippen molar-refractivity contribution in [3.05, 3.63) is 42.7 Å². The molecule has 1 heterocycles. The van der Waals surface area contributed by atoms with Gasteiger partial charge in [0, 0.05) is 12.4 Å². The molecule has 8 heteroatoms. The van der Waals surface area contributed by atoms with Crippen LogP contribution in [-0.4, -0.2) is 28.7 Å². The van der Waals surface area contributed by atoms with Crippen molar-refractivity contribution >= 4 is 11.8 Å². The van der Waals surface area contributed by atoms with E-state index < -0.39 is 18.9 Å². The Labute approximate surface area is 112 Å². The van der Waals surface area contributed by atoms with Crippen LogP contribution in [0.4, 0.5) is 23.7 Å². The minimum atomic E-state index is -4.56. The summed E-state index contributed by atoms with van der Waals surface area (Å²) in [5.74, 6) is 0. The molecule has 2 aromatic rings. The van der Waals surface area contributed by atoms with Gasteiger partial charge in [0.05, 0.1) is 11.4 Å². The largest absolute Gasteiger partial charge is 0.440 e. The Bertz CT molecular complexity index is 582. The summed E-state index contributed by atoms with van der Waals surface area (Å²) in [6.45, 7) is -1.64. The molecule has 0 aliphatic rings. The van der Waals surface area contributed by atoms with Crippen molar-refractivity contribution in [1.82, 2.24) is 9.78 Å². The molecule has 0 fully saturated rings. The number of amides is 1. The van der Waals surface area contributed by atoms with Crippen molar-refractivity contribution in [2.24, 2.45) is 0 Å². The number of hydrogen-bond acceptors (Lipinski definition) is 3. The number of benzene rings is 1. The van der Waals surface area contributed by atoms with Gasteiger partial charge in [-0.05, 0) is 18.2 Å². The van der Waals surface area contributed by atoms with Crippen LogP contribution in [0.25, 0.3) is 5.69 Å². The molecule has 0 radical (unpaired) electrons. The van der Waals surface area contributed by atoms with Crippen LogP contribution >= 0.6 is 0 Å². The lowest BCUT2D eigenvalue weighted by Crippen LogP contribution is -2.23. The van der Waals surface area contributed by atoms with Crippen LogP contribution < -0.4 is 5.32 Å². The minimum Gasteiger partial charge on any atom is -0.440 e. The Morgan fingerprint density at radius 1 is 1.30 bits per heavy atom. The maximum atomic E-state index is 11.9. The summed E-state index contributed by atoms with van der Waals surface area (Å²) in [6, 6.07) is 8.21. The molecular weight excluding hydrogens is 275 g/mol. The summed E-state index contributed by atoms with van der Waals surface area (Å²) in [6.07, 6.45) is -2.55. The Morgan fingerprint density at radius 2 is 2.05 bits per heavy atom. The Balaban J connectivity index is 2.08. The summed E-state index contributed by atoms with van der Waals surface area (Å²) in [5, 5.41) is 6.23. The molecule has 2 rings (SSSR count). The van der Waals surface area contributed by atoms with Gasteiger partial charge < -0.3 is 4.74 Å². The quantitative estimate of drug-likeness (QED) is 0.943. The maximum absolute atomic E-state index is 11.9. The fourth-order valence-electron chi connectivity index (χ4n) is 1.48. The molecule has 1 N–H and O–H groups in total. The van der Waals surface area contributed by atoms with E-state index in [1.165, 1.54) is 10.7 Å². The SMILES string of the molecule is O=C(Nc1ccccc1-n1cccn1)OCC(F)(F)F. The van der Waals surface area contributed by atoms with Gasteiger partial charge in [-0.25, -0.2) is 9.48 Å². The molecule has 0 unspecified atom stereocenters. The van der Waals surface area contributed by atoms with Gasteiger partial charge in [-0.3, -0.25) is 5.32 Å². The average molecular weight is 285 g/mol. The Kier molecular flexibility index (Phi) is 3.92. The molecule has 1 amide bonds. The normalized spacial score (nSPS) is 11.2. The highest BCUT2D eigenvalue weighted by Gasteiger charge is 2.29. The van der Waals surface area contributed by atoms with Crippen LogP contribution in [0.3, 0.4) is 0 Å². The number of nitrogens with one attached hydrogen (secondary N) is 1. The average Bonchev–Trinajstić information content (AvgIpc) is 2.90. The lowest BCUT2D eigenvalue weighted by molar-refractivity contribution is -0.159. The molecule has 0 saturated carbocycles. The van der Waals surface area contributed by atoms with Gasteiger partial charge in [-0.1, -0.05) is 12.1 Å². The number of carbonyl (C=O) groups excluding carboxylic acids is 1.